The van der Waals surface area contributed by atoms with Crippen LogP contribution in [0.3, 0.4) is 0 Å². The first kappa shape index (κ1) is 17.8. The minimum absolute atomic E-state index is 0.382. The molecular formula is C23H23N3O3. The van der Waals surface area contributed by atoms with Crippen LogP contribution in [0.25, 0.3) is 21.8 Å². The Morgan fingerprint density at radius 1 is 1.03 bits per heavy atom. The number of ether oxygens (including phenoxy) is 1. The largest absolute Gasteiger partial charge is 0.493 e. The Balaban J connectivity index is 1.28. The summed E-state index contributed by atoms with van der Waals surface area (Å²) in [5.74, 6) is 2.30. The van der Waals surface area contributed by atoms with Gasteiger partial charge in [-0.05, 0) is 48.4 Å². The highest BCUT2D eigenvalue weighted by atomic mass is 16.5. The molecule has 0 spiro atoms. The zero-order valence-corrected chi connectivity index (χ0v) is 16.3. The van der Waals surface area contributed by atoms with Crippen LogP contribution in [0.2, 0.25) is 0 Å². The lowest BCUT2D eigenvalue weighted by Gasteiger charge is -2.07. The molecule has 0 saturated heterocycles. The Labute approximate surface area is 167 Å². The molecule has 2 aromatic heterocycles. The summed E-state index contributed by atoms with van der Waals surface area (Å²) in [6, 6.07) is 14.2. The van der Waals surface area contributed by atoms with Gasteiger partial charge in [-0.2, -0.15) is 0 Å². The number of H-pyrrole nitrogens is 2. The van der Waals surface area contributed by atoms with Crippen molar-refractivity contribution in [3.8, 4) is 5.75 Å². The van der Waals surface area contributed by atoms with Gasteiger partial charge in [-0.1, -0.05) is 19.1 Å². The average molecular weight is 389 g/mol. The first-order valence-electron chi connectivity index (χ1n) is 10.1. The van der Waals surface area contributed by atoms with Gasteiger partial charge >= 0.3 is 5.69 Å². The Bertz CT molecular complexity index is 1310. The van der Waals surface area contributed by atoms with Crippen LogP contribution in [-0.2, 0) is 6.54 Å². The van der Waals surface area contributed by atoms with Crippen LogP contribution in [0, 0.1) is 5.92 Å². The molecule has 1 saturated carbocycles. The molecule has 2 heterocycles. The number of fused-ring (bicyclic) bond motifs is 3. The molecule has 0 amide bonds. The van der Waals surface area contributed by atoms with Crippen LogP contribution in [-0.4, -0.2) is 21.1 Å². The van der Waals surface area contributed by atoms with Gasteiger partial charge in [-0.3, -0.25) is 9.78 Å². The lowest BCUT2D eigenvalue weighted by molar-refractivity contribution is 0.301. The standard InChI is InChI=1S/C23H23N3O3/c1-14-11-19(14)15-3-5-17-18-6-4-16(13-21(18)24-20(17)12-15)29-10-2-8-26-9-7-22(27)25-23(26)28/h3-7,9,12-14,19,24H,2,8,10-11H2,1H3,(H,25,27,28)/t14?,19-/m0/s1. The Morgan fingerprint density at radius 3 is 2.55 bits per heavy atom. The summed E-state index contributed by atoms with van der Waals surface area (Å²) in [5.41, 5.74) is 2.89. The first-order valence-corrected chi connectivity index (χ1v) is 10.1. The van der Waals surface area contributed by atoms with Crippen molar-refractivity contribution in [3.63, 3.8) is 0 Å². The van der Waals surface area contributed by atoms with E-state index in [2.05, 4.69) is 41.2 Å². The van der Waals surface area contributed by atoms with E-state index in [0.29, 0.717) is 25.5 Å². The predicted molar refractivity (Wildman–Crippen MR) is 114 cm³/mol. The number of aromatic amines is 2. The first-order chi connectivity index (χ1) is 14.1. The van der Waals surface area contributed by atoms with Gasteiger partial charge in [-0.15, -0.1) is 0 Å². The molecule has 29 heavy (non-hydrogen) atoms. The second kappa shape index (κ2) is 6.95. The van der Waals surface area contributed by atoms with E-state index in [1.165, 1.54) is 45.1 Å². The van der Waals surface area contributed by atoms with E-state index in [4.69, 9.17) is 4.74 Å². The van der Waals surface area contributed by atoms with E-state index in [9.17, 15) is 9.59 Å². The van der Waals surface area contributed by atoms with E-state index in [1.807, 2.05) is 12.1 Å². The molecule has 1 aliphatic carbocycles. The third-order valence-electron chi connectivity index (χ3n) is 5.84. The normalized spacial score (nSPS) is 18.4. The zero-order chi connectivity index (χ0) is 20.0. The fraction of sp³-hybridized carbons (Fsp3) is 0.304. The second-order valence-corrected chi connectivity index (χ2v) is 7.96. The fourth-order valence-corrected chi connectivity index (χ4v) is 4.06. The van der Waals surface area contributed by atoms with Crippen molar-refractivity contribution < 1.29 is 4.74 Å². The SMILES string of the molecule is CC1C[C@@H]1c1ccc2c(c1)[nH]c1cc(OCCCn3ccc(=O)[nH]c3=O)ccc12. The molecule has 6 nitrogen and oxygen atoms in total. The number of benzene rings is 2. The Morgan fingerprint density at radius 2 is 1.79 bits per heavy atom. The number of hydrogen-bond acceptors (Lipinski definition) is 3. The van der Waals surface area contributed by atoms with E-state index < -0.39 is 5.69 Å². The lowest BCUT2D eigenvalue weighted by Crippen LogP contribution is -2.29. The molecule has 2 atom stereocenters. The molecule has 1 fully saturated rings. The van der Waals surface area contributed by atoms with Gasteiger partial charge in [0.1, 0.15) is 5.75 Å². The van der Waals surface area contributed by atoms with Crippen molar-refractivity contribution >= 4 is 21.8 Å². The minimum Gasteiger partial charge on any atom is -0.493 e. The maximum absolute atomic E-state index is 11.7. The highest BCUT2D eigenvalue weighted by Gasteiger charge is 2.33. The van der Waals surface area contributed by atoms with Crippen molar-refractivity contribution in [2.24, 2.45) is 5.92 Å². The average Bonchev–Trinajstić information content (AvgIpc) is 3.32. The number of hydrogen-bond donors (Lipinski definition) is 2. The van der Waals surface area contributed by atoms with Crippen molar-refractivity contribution in [2.75, 3.05) is 6.61 Å². The molecule has 6 heteroatoms. The smallest absolute Gasteiger partial charge is 0.328 e. The van der Waals surface area contributed by atoms with Crippen molar-refractivity contribution in [1.82, 2.24) is 14.5 Å². The lowest BCUT2D eigenvalue weighted by atomic mass is 10.1. The van der Waals surface area contributed by atoms with Gasteiger partial charge in [0.2, 0.25) is 0 Å². The third-order valence-corrected chi connectivity index (χ3v) is 5.84. The second-order valence-electron chi connectivity index (χ2n) is 7.96. The molecular weight excluding hydrogens is 366 g/mol. The number of nitrogens with zero attached hydrogens (tertiary/aromatic N) is 1. The highest BCUT2D eigenvalue weighted by Crippen LogP contribution is 2.47. The van der Waals surface area contributed by atoms with Crippen molar-refractivity contribution in [1.29, 1.82) is 0 Å². The Kier molecular flexibility index (Phi) is 4.27. The van der Waals surface area contributed by atoms with E-state index in [1.54, 1.807) is 0 Å². The molecule has 0 radical (unpaired) electrons. The van der Waals surface area contributed by atoms with E-state index in [0.717, 1.165) is 17.2 Å². The van der Waals surface area contributed by atoms with Gasteiger partial charge in [0, 0.05) is 41.2 Å². The minimum atomic E-state index is -0.392. The molecule has 2 aromatic carbocycles. The fourth-order valence-electron chi connectivity index (χ4n) is 4.06. The molecule has 1 unspecified atom stereocenters. The highest BCUT2D eigenvalue weighted by molar-refractivity contribution is 6.07. The predicted octanol–water partition coefficient (Wildman–Crippen LogP) is 3.76. The van der Waals surface area contributed by atoms with E-state index >= 15 is 0 Å². The summed E-state index contributed by atoms with van der Waals surface area (Å²) >= 11 is 0. The Hall–Kier alpha value is -3.28. The van der Waals surface area contributed by atoms with Crippen LogP contribution in [0.5, 0.6) is 5.75 Å². The summed E-state index contributed by atoms with van der Waals surface area (Å²) in [6.07, 6.45) is 3.46. The van der Waals surface area contributed by atoms with Gasteiger partial charge in [0.15, 0.2) is 0 Å². The monoisotopic (exact) mass is 389 g/mol. The van der Waals surface area contributed by atoms with Crippen molar-refractivity contribution in [2.45, 2.75) is 32.2 Å². The molecule has 148 valence electrons. The molecule has 0 bridgehead atoms. The van der Waals surface area contributed by atoms with Crippen LogP contribution < -0.4 is 16.0 Å². The molecule has 4 aromatic rings. The van der Waals surface area contributed by atoms with Gasteiger partial charge < -0.3 is 14.3 Å². The molecule has 2 N–H and O–H groups in total. The van der Waals surface area contributed by atoms with Crippen LogP contribution in [0.1, 0.15) is 31.2 Å². The maximum atomic E-state index is 11.7. The maximum Gasteiger partial charge on any atom is 0.328 e. The number of aromatic nitrogens is 3. The summed E-state index contributed by atoms with van der Waals surface area (Å²) in [5, 5.41) is 2.43. The summed E-state index contributed by atoms with van der Waals surface area (Å²) < 4.78 is 7.35. The molecule has 1 aliphatic rings. The van der Waals surface area contributed by atoms with Gasteiger partial charge in [-0.25, -0.2) is 4.79 Å². The van der Waals surface area contributed by atoms with Crippen LogP contribution in [0.4, 0.5) is 0 Å². The topological polar surface area (TPSA) is 79.9 Å². The number of nitrogens with one attached hydrogen (secondary N) is 2. The van der Waals surface area contributed by atoms with Gasteiger partial charge in [0.25, 0.3) is 5.56 Å². The quantitative estimate of drug-likeness (QED) is 0.493. The third kappa shape index (κ3) is 3.46. The van der Waals surface area contributed by atoms with Crippen LogP contribution >= 0.6 is 0 Å². The van der Waals surface area contributed by atoms with E-state index in [-0.39, 0.29) is 5.56 Å². The number of aryl methyl sites for hydroxylation is 1. The van der Waals surface area contributed by atoms with Crippen LogP contribution in [0.15, 0.2) is 58.3 Å². The summed E-state index contributed by atoms with van der Waals surface area (Å²) in [4.78, 5) is 28.6. The zero-order valence-electron chi connectivity index (χ0n) is 16.3. The molecule has 5 rings (SSSR count). The number of rotatable bonds is 6. The van der Waals surface area contributed by atoms with Gasteiger partial charge in [0.05, 0.1) is 12.1 Å². The molecule has 0 aliphatic heterocycles. The van der Waals surface area contributed by atoms with Crippen molar-refractivity contribution in [3.05, 3.63) is 75.1 Å². The summed E-state index contributed by atoms with van der Waals surface area (Å²) in [6.45, 7) is 3.28. The summed E-state index contributed by atoms with van der Waals surface area (Å²) in [7, 11) is 0.